The van der Waals surface area contributed by atoms with E-state index < -0.39 is 41.6 Å². The van der Waals surface area contributed by atoms with Crippen LogP contribution in [0.2, 0.25) is 0 Å². The van der Waals surface area contributed by atoms with Crippen molar-refractivity contribution in [3.05, 3.63) is 117 Å². The second-order valence-corrected chi connectivity index (χ2v) is 12.8. The average Bonchev–Trinajstić information content (AvgIpc) is 3.74. The number of nitrogens with two attached hydrogens (primary N) is 1. The van der Waals surface area contributed by atoms with Crippen LogP contribution in [0.15, 0.2) is 84.2 Å². The fourth-order valence-electron chi connectivity index (χ4n) is 6.20. The molecule has 1 saturated heterocycles. The molecule has 7 nitrogen and oxygen atoms in total. The van der Waals surface area contributed by atoms with Gasteiger partial charge in [0.2, 0.25) is 12.7 Å². The number of likely N-dealkylation sites (tertiary alicyclic amines) is 1. The predicted octanol–water partition coefficient (Wildman–Crippen LogP) is 6.25. The van der Waals surface area contributed by atoms with E-state index in [0.29, 0.717) is 27.5 Å². The normalized spacial score (nSPS) is 21.2. The number of fused-ring (bicyclic) bond motifs is 1. The van der Waals surface area contributed by atoms with E-state index in [1.807, 2.05) is 29.6 Å². The van der Waals surface area contributed by atoms with Gasteiger partial charge in [0.05, 0.1) is 16.8 Å². The molecule has 3 heterocycles. The van der Waals surface area contributed by atoms with Gasteiger partial charge in [0.1, 0.15) is 11.9 Å². The van der Waals surface area contributed by atoms with Crippen LogP contribution in [0.5, 0.6) is 11.5 Å². The number of ether oxygens (including phenoxy) is 2. The molecule has 0 aliphatic carbocycles. The lowest BCUT2D eigenvalue weighted by molar-refractivity contribution is -0.122. The Labute approximate surface area is 253 Å². The number of Topliss-reactive ketones (excluding diaryl/α,β-unsaturated/α-hetero) is 1. The quantitative estimate of drug-likeness (QED) is 0.265. The fraction of sp³-hybridized carbons (Fsp3) is 0.265. The third-order valence-electron chi connectivity index (χ3n) is 8.23. The molecule has 6 rings (SSSR count). The molecule has 4 aromatic rings. The van der Waals surface area contributed by atoms with E-state index in [0.717, 1.165) is 11.6 Å². The molecule has 0 saturated carbocycles. The third kappa shape index (κ3) is 5.18. The van der Waals surface area contributed by atoms with Gasteiger partial charge < -0.3 is 20.1 Å². The molecule has 3 aromatic carbocycles. The molecule has 43 heavy (non-hydrogen) atoms. The number of primary amides is 1. The van der Waals surface area contributed by atoms with Crippen LogP contribution in [-0.2, 0) is 10.2 Å². The van der Waals surface area contributed by atoms with Gasteiger partial charge >= 0.3 is 0 Å². The largest absolute Gasteiger partial charge is 0.454 e. The average molecular weight is 599 g/mol. The van der Waals surface area contributed by atoms with Crippen LogP contribution in [-0.4, -0.2) is 35.3 Å². The standard InChI is InChI=1S/C34H31FN2O5S/c1-34(2,3)22-12-9-19(10-13-22)27-28(31(38)26-8-5-15-43-26)29(20-11-14-24-25(17-20)42-18-41-24)37(30(27)32(36)39)33(40)21-6-4-7-23(35)16-21/h4-17,27-30H,18H2,1-3H3,(H2,36,39). The number of ketones is 1. The molecule has 4 atom stereocenters. The van der Waals surface area contributed by atoms with E-state index in [-0.39, 0.29) is 23.6 Å². The summed E-state index contributed by atoms with van der Waals surface area (Å²) in [4.78, 5) is 44.1. The number of halogens is 1. The summed E-state index contributed by atoms with van der Waals surface area (Å²) in [6.07, 6.45) is 0. The SMILES string of the molecule is CC(C)(C)c1ccc(C2C(C(=O)c3cccs3)C(c3ccc4c(c3)OCO4)N(C(=O)c3cccc(F)c3)C2C(N)=O)cc1. The summed E-state index contributed by atoms with van der Waals surface area (Å²) >= 11 is 1.29. The van der Waals surface area contributed by atoms with Gasteiger partial charge in [-0.25, -0.2) is 4.39 Å². The van der Waals surface area contributed by atoms with Crippen molar-refractivity contribution in [2.75, 3.05) is 6.79 Å². The molecular formula is C34H31FN2O5S. The van der Waals surface area contributed by atoms with Gasteiger partial charge in [-0.15, -0.1) is 11.3 Å². The van der Waals surface area contributed by atoms with Crippen molar-refractivity contribution < 1.29 is 28.2 Å². The summed E-state index contributed by atoms with van der Waals surface area (Å²) in [6.45, 7) is 6.34. The van der Waals surface area contributed by atoms with Gasteiger partial charge in [0.15, 0.2) is 17.3 Å². The number of benzene rings is 3. The van der Waals surface area contributed by atoms with E-state index in [1.54, 1.807) is 30.3 Å². The van der Waals surface area contributed by atoms with Crippen LogP contribution in [0.25, 0.3) is 0 Å². The van der Waals surface area contributed by atoms with Crippen LogP contribution < -0.4 is 15.2 Å². The molecule has 2 amide bonds. The van der Waals surface area contributed by atoms with Crippen molar-refractivity contribution in [2.45, 2.75) is 44.2 Å². The first-order valence-electron chi connectivity index (χ1n) is 14.0. The smallest absolute Gasteiger partial charge is 0.255 e. The topological polar surface area (TPSA) is 98.9 Å². The second-order valence-electron chi connectivity index (χ2n) is 11.9. The molecule has 2 aliphatic heterocycles. The molecule has 2 N–H and O–H groups in total. The highest BCUT2D eigenvalue weighted by Crippen LogP contribution is 2.53. The molecule has 2 aliphatic rings. The Morgan fingerprint density at radius 3 is 2.28 bits per heavy atom. The highest BCUT2D eigenvalue weighted by atomic mass is 32.1. The Morgan fingerprint density at radius 1 is 0.907 bits per heavy atom. The first-order valence-corrected chi connectivity index (χ1v) is 14.9. The first-order chi connectivity index (χ1) is 20.5. The summed E-state index contributed by atoms with van der Waals surface area (Å²) in [7, 11) is 0. The van der Waals surface area contributed by atoms with Crippen molar-refractivity contribution in [2.24, 2.45) is 11.7 Å². The third-order valence-corrected chi connectivity index (χ3v) is 9.12. The highest BCUT2D eigenvalue weighted by molar-refractivity contribution is 7.12. The van der Waals surface area contributed by atoms with Gasteiger partial charge in [-0.05, 0) is 63.9 Å². The highest BCUT2D eigenvalue weighted by Gasteiger charge is 2.57. The molecule has 0 radical (unpaired) electrons. The van der Waals surface area contributed by atoms with Gasteiger partial charge in [-0.3, -0.25) is 14.4 Å². The lowest BCUT2D eigenvalue weighted by atomic mass is 9.76. The number of amides is 2. The number of carbonyl (C=O) groups excluding carboxylic acids is 3. The predicted molar refractivity (Wildman–Crippen MR) is 161 cm³/mol. The van der Waals surface area contributed by atoms with Crippen LogP contribution in [0, 0.1) is 11.7 Å². The molecule has 0 spiro atoms. The lowest BCUT2D eigenvalue weighted by Crippen LogP contribution is -2.46. The van der Waals surface area contributed by atoms with Crippen molar-refractivity contribution in [3.8, 4) is 11.5 Å². The number of hydrogen-bond acceptors (Lipinski definition) is 6. The maximum atomic E-state index is 14.5. The van der Waals surface area contributed by atoms with Crippen molar-refractivity contribution in [3.63, 3.8) is 0 Å². The fourth-order valence-corrected chi connectivity index (χ4v) is 6.91. The molecule has 220 valence electrons. The zero-order chi connectivity index (χ0) is 30.5. The Balaban J connectivity index is 1.59. The van der Waals surface area contributed by atoms with Gasteiger partial charge in [-0.1, -0.05) is 63.2 Å². The monoisotopic (exact) mass is 598 g/mol. The maximum absolute atomic E-state index is 14.5. The Morgan fingerprint density at radius 2 is 1.63 bits per heavy atom. The Bertz CT molecular complexity index is 1700. The Hall–Kier alpha value is -4.50. The molecule has 1 fully saturated rings. The summed E-state index contributed by atoms with van der Waals surface area (Å²) in [6, 6.07) is 19.7. The minimum absolute atomic E-state index is 0.0413. The number of thiophene rings is 1. The summed E-state index contributed by atoms with van der Waals surface area (Å²) in [5, 5.41) is 1.81. The molecule has 1 aromatic heterocycles. The molecule has 9 heteroatoms. The van der Waals surface area contributed by atoms with Crippen LogP contribution in [0.1, 0.15) is 69.5 Å². The van der Waals surface area contributed by atoms with Gasteiger partial charge in [0, 0.05) is 11.5 Å². The summed E-state index contributed by atoms with van der Waals surface area (Å²) in [5.41, 5.74) is 8.38. The van der Waals surface area contributed by atoms with Gasteiger partial charge in [0.25, 0.3) is 5.91 Å². The number of nitrogens with zero attached hydrogens (tertiary/aromatic N) is 1. The number of hydrogen-bond donors (Lipinski definition) is 1. The van der Waals surface area contributed by atoms with Crippen LogP contribution in [0.4, 0.5) is 4.39 Å². The van der Waals surface area contributed by atoms with E-state index in [4.69, 9.17) is 15.2 Å². The number of carbonyl (C=O) groups is 3. The zero-order valence-corrected chi connectivity index (χ0v) is 24.8. The zero-order valence-electron chi connectivity index (χ0n) is 24.0. The Kier molecular flexibility index (Phi) is 7.30. The van der Waals surface area contributed by atoms with E-state index in [9.17, 15) is 18.8 Å². The lowest BCUT2D eigenvalue weighted by Gasteiger charge is -2.31. The number of rotatable bonds is 6. The molecule has 4 unspecified atom stereocenters. The summed E-state index contributed by atoms with van der Waals surface area (Å²) in [5.74, 6) is -2.86. The van der Waals surface area contributed by atoms with Crippen molar-refractivity contribution in [1.29, 1.82) is 0 Å². The minimum Gasteiger partial charge on any atom is -0.454 e. The maximum Gasteiger partial charge on any atom is 0.255 e. The molecule has 0 bridgehead atoms. The van der Waals surface area contributed by atoms with Crippen molar-refractivity contribution >= 4 is 28.9 Å². The van der Waals surface area contributed by atoms with Crippen LogP contribution in [0.3, 0.4) is 0 Å². The van der Waals surface area contributed by atoms with Gasteiger partial charge in [-0.2, -0.15) is 0 Å². The molecular weight excluding hydrogens is 567 g/mol. The van der Waals surface area contributed by atoms with E-state index >= 15 is 0 Å². The van der Waals surface area contributed by atoms with E-state index in [1.165, 1.54) is 34.4 Å². The van der Waals surface area contributed by atoms with E-state index in [2.05, 4.69) is 20.8 Å². The van der Waals surface area contributed by atoms with Crippen molar-refractivity contribution in [1.82, 2.24) is 4.90 Å². The second kappa shape index (κ2) is 11.0. The summed E-state index contributed by atoms with van der Waals surface area (Å²) < 4.78 is 25.5. The minimum atomic E-state index is -1.21. The van der Waals surface area contributed by atoms with Crippen LogP contribution >= 0.6 is 11.3 Å². The first kappa shape index (κ1) is 28.6.